The molecule has 0 bridgehead atoms. The average molecular weight is 264 g/mol. The van der Waals surface area contributed by atoms with Gasteiger partial charge in [-0.2, -0.15) is 0 Å². The highest BCUT2D eigenvalue weighted by atomic mass is 16.7. The summed E-state index contributed by atoms with van der Waals surface area (Å²) in [6, 6.07) is 0. The first-order valence-electron chi connectivity index (χ1n) is 7.44. The number of hydrogen-bond donors (Lipinski definition) is 0. The molecule has 2 nitrogen and oxygen atoms in total. The van der Waals surface area contributed by atoms with E-state index in [1.165, 1.54) is 32.1 Å². The molecule has 0 spiro atoms. The van der Waals surface area contributed by atoms with Crippen LogP contribution in [0, 0.1) is 30.1 Å². The number of terminal acetylenes is 1. The van der Waals surface area contributed by atoms with Gasteiger partial charge in [-0.25, -0.2) is 0 Å². The Balaban J connectivity index is 2.52. The lowest BCUT2D eigenvalue weighted by atomic mass is 9.87. The van der Waals surface area contributed by atoms with Gasteiger partial charge in [0.1, 0.15) is 6.79 Å². The van der Waals surface area contributed by atoms with Crippen LogP contribution in [0.25, 0.3) is 0 Å². The largest absolute Gasteiger partial charge is 0.359 e. The van der Waals surface area contributed by atoms with Crippen molar-refractivity contribution in [3.63, 3.8) is 0 Å². The van der Waals surface area contributed by atoms with Crippen LogP contribution in [0.5, 0.6) is 0 Å². The maximum atomic E-state index is 5.73. The Bertz CT molecular complexity index is 297. The molecule has 1 aliphatic rings. The molecule has 0 saturated heterocycles. The van der Waals surface area contributed by atoms with Gasteiger partial charge in [-0.15, -0.1) is 12.3 Å². The molecular weight excluding hydrogens is 236 g/mol. The molecule has 2 heteroatoms. The minimum absolute atomic E-state index is 0.0322. The van der Waals surface area contributed by atoms with Gasteiger partial charge in [0, 0.05) is 18.9 Å². The molecule has 0 aliphatic heterocycles. The second kappa shape index (κ2) is 9.18. The highest BCUT2D eigenvalue weighted by Crippen LogP contribution is 2.26. The maximum Gasteiger partial charge on any atom is 0.146 e. The van der Waals surface area contributed by atoms with E-state index >= 15 is 0 Å². The Hall–Kier alpha value is -0.780. The molecule has 1 rings (SSSR count). The van der Waals surface area contributed by atoms with Crippen molar-refractivity contribution in [2.75, 3.05) is 13.9 Å². The van der Waals surface area contributed by atoms with E-state index in [1.807, 2.05) is 6.92 Å². The first-order valence-corrected chi connectivity index (χ1v) is 7.44. The topological polar surface area (TPSA) is 18.5 Å². The molecule has 19 heavy (non-hydrogen) atoms. The quantitative estimate of drug-likeness (QED) is 0.393. The van der Waals surface area contributed by atoms with Crippen molar-refractivity contribution in [2.24, 2.45) is 17.8 Å². The van der Waals surface area contributed by atoms with Gasteiger partial charge in [-0.05, 0) is 25.7 Å². The van der Waals surface area contributed by atoms with E-state index in [1.54, 1.807) is 7.11 Å². The molecule has 0 amide bonds. The highest BCUT2D eigenvalue weighted by molar-refractivity contribution is 5.02. The predicted molar refractivity (Wildman–Crippen MR) is 79.6 cm³/mol. The van der Waals surface area contributed by atoms with Crippen LogP contribution in [-0.2, 0) is 9.47 Å². The van der Waals surface area contributed by atoms with E-state index < -0.39 is 0 Å². The summed E-state index contributed by atoms with van der Waals surface area (Å²) in [6.45, 7) is 4.51. The number of allylic oxidation sites excluding steroid dienone is 1. The SMILES string of the molecule is C#C[C@H](C)[C@H](OCOC)[C@@H](C)/C=C/C1CCCCC1. The van der Waals surface area contributed by atoms with Crippen LogP contribution in [0.15, 0.2) is 12.2 Å². The molecule has 0 aromatic rings. The number of rotatable bonds is 7. The molecule has 1 aliphatic carbocycles. The summed E-state index contributed by atoms with van der Waals surface area (Å²) in [5, 5.41) is 0. The van der Waals surface area contributed by atoms with Crippen molar-refractivity contribution >= 4 is 0 Å². The number of ether oxygens (including phenoxy) is 2. The average Bonchev–Trinajstić information content (AvgIpc) is 2.46. The zero-order valence-electron chi connectivity index (χ0n) is 12.6. The van der Waals surface area contributed by atoms with E-state index in [9.17, 15) is 0 Å². The van der Waals surface area contributed by atoms with Gasteiger partial charge in [0.2, 0.25) is 0 Å². The molecule has 0 unspecified atom stereocenters. The minimum atomic E-state index is 0.0322. The Kier molecular flexibility index (Phi) is 7.86. The zero-order valence-corrected chi connectivity index (χ0v) is 12.6. The third-order valence-electron chi connectivity index (χ3n) is 3.99. The summed E-state index contributed by atoms with van der Waals surface area (Å²) in [5.74, 6) is 3.95. The van der Waals surface area contributed by atoms with Crippen LogP contribution >= 0.6 is 0 Å². The molecule has 1 fully saturated rings. The van der Waals surface area contributed by atoms with Crippen LogP contribution < -0.4 is 0 Å². The van der Waals surface area contributed by atoms with E-state index in [2.05, 4.69) is 25.0 Å². The first-order chi connectivity index (χ1) is 9.19. The zero-order chi connectivity index (χ0) is 14.1. The molecular formula is C17H28O2. The minimum Gasteiger partial charge on any atom is -0.359 e. The van der Waals surface area contributed by atoms with E-state index in [0.29, 0.717) is 12.7 Å². The summed E-state index contributed by atoms with van der Waals surface area (Å²) in [7, 11) is 1.64. The second-order valence-electron chi connectivity index (χ2n) is 5.64. The van der Waals surface area contributed by atoms with Gasteiger partial charge in [0.05, 0.1) is 6.10 Å². The van der Waals surface area contributed by atoms with Crippen molar-refractivity contribution in [3.05, 3.63) is 12.2 Å². The summed E-state index contributed by atoms with van der Waals surface area (Å²) >= 11 is 0. The summed E-state index contributed by atoms with van der Waals surface area (Å²) in [4.78, 5) is 0. The Morgan fingerprint density at radius 3 is 2.53 bits per heavy atom. The first kappa shape index (κ1) is 16.3. The van der Waals surface area contributed by atoms with Gasteiger partial charge < -0.3 is 9.47 Å². The van der Waals surface area contributed by atoms with E-state index in [4.69, 9.17) is 15.9 Å². The molecule has 0 aromatic heterocycles. The van der Waals surface area contributed by atoms with Crippen molar-refractivity contribution in [3.8, 4) is 12.3 Å². The highest BCUT2D eigenvalue weighted by Gasteiger charge is 2.22. The fourth-order valence-corrected chi connectivity index (χ4v) is 2.76. The fraction of sp³-hybridized carbons (Fsp3) is 0.765. The van der Waals surface area contributed by atoms with Crippen molar-refractivity contribution in [2.45, 2.75) is 52.1 Å². The van der Waals surface area contributed by atoms with Crippen molar-refractivity contribution < 1.29 is 9.47 Å². The summed E-state index contributed by atoms with van der Waals surface area (Å²) in [5.41, 5.74) is 0. The molecule has 0 radical (unpaired) electrons. The lowest BCUT2D eigenvalue weighted by Gasteiger charge is -2.25. The van der Waals surface area contributed by atoms with Crippen LogP contribution in [0.1, 0.15) is 46.0 Å². The molecule has 108 valence electrons. The van der Waals surface area contributed by atoms with Gasteiger partial charge in [-0.3, -0.25) is 0 Å². The maximum absolute atomic E-state index is 5.73. The molecule has 1 saturated carbocycles. The van der Waals surface area contributed by atoms with Crippen LogP contribution in [-0.4, -0.2) is 20.0 Å². The Morgan fingerprint density at radius 2 is 1.95 bits per heavy atom. The van der Waals surface area contributed by atoms with E-state index in [-0.39, 0.29) is 12.0 Å². The smallest absolute Gasteiger partial charge is 0.146 e. The lowest BCUT2D eigenvalue weighted by molar-refractivity contribution is -0.0935. The van der Waals surface area contributed by atoms with Crippen molar-refractivity contribution in [1.29, 1.82) is 0 Å². The summed E-state index contributed by atoms with van der Waals surface area (Å²) in [6.07, 6.45) is 17.0. The third kappa shape index (κ3) is 5.80. The van der Waals surface area contributed by atoms with Gasteiger partial charge >= 0.3 is 0 Å². The molecule has 0 N–H and O–H groups in total. The standard InChI is InChI=1S/C17H28O2/c1-5-14(2)17(19-13-18-4)15(3)11-12-16-9-7-6-8-10-16/h1,11-12,14-17H,6-10,13H2,2-4H3/b12-11+/t14-,15-,17-/m0/s1. The predicted octanol–water partition coefficient (Wildman–Crippen LogP) is 4.02. The van der Waals surface area contributed by atoms with Gasteiger partial charge in [-0.1, -0.05) is 38.3 Å². The monoisotopic (exact) mass is 264 g/mol. The number of hydrogen-bond acceptors (Lipinski definition) is 2. The molecule has 0 aromatic carbocycles. The van der Waals surface area contributed by atoms with E-state index in [0.717, 1.165) is 5.92 Å². The fourth-order valence-electron chi connectivity index (χ4n) is 2.76. The second-order valence-corrected chi connectivity index (χ2v) is 5.64. The normalized spacial score (nSPS) is 22.0. The summed E-state index contributed by atoms with van der Waals surface area (Å²) < 4.78 is 10.7. The van der Waals surface area contributed by atoms with Gasteiger partial charge in [0.15, 0.2) is 0 Å². The lowest BCUT2D eigenvalue weighted by Crippen LogP contribution is -2.28. The molecule has 3 atom stereocenters. The van der Waals surface area contributed by atoms with Gasteiger partial charge in [0.25, 0.3) is 0 Å². The van der Waals surface area contributed by atoms with Crippen LogP contribution in [0.3, 0.4) is 0 Å². The Labute approximate surface area is 118 Å². The third-order valence-corrected chi connectivity index (χ3v) is 3.99. The molecule has 0 heterocycles. The van der Waals surface area contributed by atoms with Crippen molar-refractivity contribution in [1.82, 2.24) is 0 Å². The van der Waals surface area contributed by atoms with Crippen LogP contribution in [0.4, 0.5) is 0 Å². The number of methoxy groups -OCH3 is 1. The van der Waals surface area contributed by atoms with Crippen LogP contribution in [0.2, 0.25) is 0 Å². The Morgan fingerprint density at radius 1 is 1.26 bits per heavy atom.